The van der Waals surface area contributed by atoms with Gasteiger partial charge in [-0.25, -0.2) is 4.79 Å². The lowest BCUT2D eigenvalue weighted by Crippen LogP contribution is -2.43. The summed E-state index contributed by atoms with van der Waals surface area (Å²) in [7, 11) is 0. The molecule has 0 spiro atoms. The SMILES string of the molecule is C[C@@H]1Cc2ccccc2N1C(=O)NCCCOC1CCOCC1. The topological polar surface area (TPSA) is 50.8 Å². The lowest BCUT2D eigenvalue weighted by atomic mass is 10.1. The van der Waals surface area contributed by atoms with Crippen molar-refractivity contribution >= 4 is 11.7 Å². The van der Waals surface area contributed by atoms with Gasteiger partial charge in [-0.1, -0.05) is 18.2 Å². The van der Waals surface area contributed by atoms with Crippen LogP contribution in [-0.2, 0) is 15.9 Å². The zero-order valence-electron chi connectivity index (χ0n) is 13.8. The molecule has 0 radical (unpaired) electrons. The first kappa shape index (κ1) is 16.3. The van der Waals surface area contributed by atoms with Crippen LogP contribution in [0.2, 0.25) is 0 Å². The Hall–Kier alpha value is -1.59. The number of anilines is 1. The van der Waals surface area contributed by atoms with Crippen molar-refractivity contribution < 1.29 is 14.3 Å². The number of benzene rings is 1. The average Bonchev–Trinajstić information content (AvgIpc) is 2.91. The van der Waals surface area contributed by atoms with Gasteiger partial charge in [0, 0.05) is 38.1 Å². The van der Waals surface area contributed by atoms with Gasteiger partial charge in [0.05, 0.1) is 6.10 Å². The summed E-state index contributed by atoms with van der Waals surface area (Å²) in [6.07, 6.45) is 4.05. The number of hydrogen-bond acceptors (Lipinski definition) is 3. The predicted molar refractivity (Wildman–Crippen MR) is 89.9 cm³/mol. The molecule has 126 valence electrons. The first-order valence-corrected chi connectivity index (χ1v) is 8.60. The number of amides is 2. The normalized spacial score (nSPS) is 21.3. The molecule has 2 heterocycles. The van der Waals surface area contributed by atoms with E-state index in [2.05, 4.69) is 18.3 Å². The van der Waals surface area contributed by atoms with Crippen LogP contribution in [0, 0.1) is 0 Å². The second-order valence-corrected chi connectivity index (χ2v) is 6.32. The summed E-state index contributed by atoms with van der Waals surface area (Å²) in [6, 6.07) is 8.34. The highest BCUT2D eigenvalue weighted by atomic mass is 16.5. The van der Waals surface area contributed by atoms with Crippen LogP contribution in [0.3, 0.4) is 0 Å². The van der Waals surface area contributed by atoms with Crippen LogP contribution in [0.15, 0.2) is 24.3 Å². The number of rotatable bonds is 5. The van der Waals surface area contributed by atoms with E-state index in [4.69, 9.17) is 9.47 Å². The Morgan fingerprint density at radius 1 is 1.35 bits per heavy atom. The van der Waals surface area contributed by atoms with Gasteiger partial charge in [-0.3, -0.25) is 4.90 Å². The maximum absolute atomic E-state index is 12.4. The van der Waals surface area contributed by atoms with Crippen molar-refractivity contribution in [1.82, 2.24) is 5.32 Å². The van der Waals surface area contributed by atoms with E-state index in [1.807, 2.05) is 23.1 Å². The van der Waals surface area contributed by atoms with Crippen LogP contribution in [0.25, 0.3) is 0 Å². The van der Waals surface area contributed by atoms with Gasteiger partial charge in [-0.2, -0.15) is 0 Å². The Balaban J connectivity index is 1.39. The zero-order valence-corrected chi connectivity index (χ0v) is 13.8. The molecule has 1 N–H and O–H groups in total. The van der Waals surface area contributed by atoms with Crippen molar-refractivity contribution in [2.24, 2.45) is 0 Å². The standard InChI is InChI=1S/C18H26N2O3/c1-14-13-15-5-2-3-6-17(15)20(14)18(21)19-9-4-10-23-16-7-11-22-12-8-16/h2-3,5-6,14,16H,4,7-13H2,1H3,(H,19,21)/t14-/m1/s1. The number of urea groups is 1. The van der Waals surface area contributed by atoms with Crippen LogP contribution < -0.4 is 10.2 Å². The van der Waals surface area contributed by atoms with E-state index in [1.54, 1.807) is 0 Å². The number of hydrogen-bond donors (Lipinski definition) is 1. The molecule has 0 saturated carbocycles. The molecule has 3 rings (SSSR count). The minimum atomic E-state index is -0.00600. The molecule has 1 aromatic carbocycles. The maximum Gasteiger partial charge on any atom is 0.322 e. The molecule has 1 aromatic rings. The third kappa shape index (κ3) is 4.03. The first-order chi connectivity index (χ1) is 11.3. The molecule has 0 aromatic heterocycles. The van der Waals surface area contributed by atoms with Crippen LogP contribution in [0.5, 0.6) is 0 Å². The highest BCUT2D eigenvalue weighted by molar-refractivity contribution is 5.94. The van der Waals surface area contributed by atoms with Gasteiger partial charge in [0.1, 0.15) is 0 Å². The van der Waals surface area contributed by atoms with Crippen LogP contribution in [0.1, 0.15) is 31.7 Å². The summed E-state index contributed by atoms with van der Waals surface area (Å²) in [5.41, 5.74) is 2.29. The molecule has 5 heteroatoms. The number of para-hydroxylation sites is 1. The second kappa shape index (κ2) is 7.79. The molecule has 23 heavy (non-hydrogen) atoms. The number of nitrogens with zero attached hydrogens (tertiary/aromatic N) is 1. The second-order valence-electron chi connectivity index (χ2n) is 6.32. The fraction of sp³-hybridized carbons (Fsp3) is 0.611. The van der Waals surface area contributed by atoms with Crippen LogP contribution in [0.4, 0.5) is 10.5 Å². The number of fused-ring (bicyclic) bond motifs is 1. The van der Waals surface area contributed by atoms with E-state index < -0.39 is 0 Å². The molecular formula is C18H26N2O3. The molecule has 1 fully saturated rings. The van der Waals surface area contributed by atoms with Crippen molar-refractivity contribution in [3.8, 4) is 0 Å². The Kier molecular flexibility index (Phi) is 5.51. The number of ether oxygens (including phenoxy) is 2. The van der Waals surface area contributed by atoms with Crippen LogP contribution >= 0.6 is 0 Å². The van der Waals surface area contributed by atoms with E-state index in [-0.39, 0.29) is 12.1 Å². The Labute approximate surface area is 137 Å². The zero-order chi connectivity index (χ0) is 16.1. The van der Waals surface area contributed by atoms with Gasteiger partial charge in [-0.15, -0.1) is 0 Å². The molecule has 5 nitrogen and oxygen atoms in total. The van der Waals surface area contributed by atoms with Gasteiger partial charge < -0.3 is 14.8 Å². The molecule has 2 aliphatic heterocycles. The third-order valence-electron chi connectivity index (χ3n) is 4.55. The minimum absolute atomic E-state index is 0.00600. The number of nitrogens with one attached hydrogen (secondary N) is 1. The van der Waals surface area contributed by atoms with Crippen LogP contribution in [-0.4, -0.2) is 44.5 Å². The molecule has 0 unspecified atom stereocenters. The van der Waals surface area contributed by atoms with Gasteiger partial charge in [0.15, 0.2) is 0 Å². The van der Waals surface area contributed by atoms with E-state index in [0.717, 1.165) is 44.6 Å². The smallest absolute Gasteiger partial charge is 0.322 e. The summed E-state index contributed by atoms with van der Waals surface area (Å²) in [6.45, 7) is 5.03. The van der Waals surface area contributed by atoms with Gasteiger partial charge in [-0.05, 0) is 44.2 Å². The molecule has 0 bridgehead atoms. The van der Waals surface area contributed by atoms with Gasteiger partial charge in [0.2, 0.25) is 0 Å². The lowest BCUT2D eigenvalue weighted by molar-refractivity contribution is -0.0320. The van der Waals surface area contributed by atoms with E-state index >= 15 is 0 Å². The number of carbonyl (C=O) groups is 1. The molecular weight excluding hydrogens is 292 g/mol. The number of carbonyl (C=O) groups excluding carboxylic acids is 1. The Morgan fingerprint density at radius 3 is 2.96 bits per heavy atom. The summed E-state index contributed by atoms with van der Waals surface area (Å²) in [4.78, 5) is 14.3. The minimum Gasteiger partial charge on any atom is -0.381 e. The monoisotopic (exact) mass is 318 g/mol. The fourth-order valence-corrected chi connectivity index (χ4v) is 3.32. The lowest BCUT2D eigenvalue weighted by Gasteiger charge is -2.24. The summed E-state index contributed by atoms with van der Waals surface area (Å²) in [5.74, 6) is 0. The summed E-state index contributed by atoms with van der Waals surface area (Å²) in [5, 5.41) is 3.02. The Bertz CT molecular complexity index is 529. The highest BCUT2D eigenvalue weighted by Crippen LogP contribution is 2.31. The highest BCUT2D eigenvalue weighted by Gasteiger charge is 2.30. The molecule has 2 aliphatic rings. The van der Waals surface area contributed by atoms with E-state index in [9.17, 15) is 4.79 Å². The van der Waals surface area contributed by atoms with E-state index in [0.29, 0.717) is 19.3 Å². The molecule has 1 saturated heterocycles. The van der Waals surface area contributed by atoms with Gasteiger partial charge >= 0.3 is 6.03 Å². The quantitative estimate of drug-likeness (QED) is 0.849. The maximum atomic E-state index is 12.4. The van der Waals surface area contributed by atoms with E-state index in [1.165, 1.54) is 5.56 Å². The predicted octanol–water partition coefficient (Wildman–Crippen LogP) is 2.73. The van der Waals surface area contributed by atoms with Gasteiger partial charge in [0.25, 0.3) is 0 Å². The van der Waals surface area contributed by atoms with Crippen molar-refractivity contribution in [2.45, 2.75) is 44.8 Å². The average molecular weight is 318 g/mol. The van der Waals surface area contributed by atoms with Crippen molar-refractivity contribution in [3.05, 3.63) is 29.8 Å². The van der Waals surface area contributed by atoms with Crippen molar-refractivity contribution in [3.63, 3.8) is 0 Å². The first-order valence-electron chi connectivity index (χ1n) is 8.60. The fourth-order valence-electron chi connectivity index (χ4n) is 3.32. The molecule has 1 atom stereocenters. The van der Waals surface area contributed by atoms with Crippen molar-refractivity contribution in [1.29, 1.82) is 0 Å². The molecule has 2 amide bonds. The third-order valence-corrected chi connectivity index (χ3v) is 4.55. The Morgan fingerprint density at radius 2 is 2.13 bits per heavy atom. The molecule has 0 aliphatic carbocycles. The summed E-state index contributed by atoms with van der Waals surface area (Å²) >= 11 is 0. The van der Waals surface area contributed by atoms with Crippen molar-refractivity contribution in [2.75, 3.05) is 31.3 Å². The largest absolute Gasteiger partial charge is 0.381 e. The summed E-state index contributed by atoms with van der Waals surface area (Å²) < 4.78 is 11.1.